The van der Waals surface area contributed by atoms with Gasteiger partial charge in [0.1, 0.15) is 5.25 Å². The number of benzene rings is 2. The first-order valence-corrected chi connectivity index (χ1v) is 10.0. The molecular weight excluding hydrogens is 386 g/mol. The molecule has 26 heavy (non-hydrogen) atoms. The van der Waals surface area contributed by atoms with Crippen LogP contribution in [0.4, 0.5) is 5.13 Å². The predicted molar refractivity (Wildman–Crippen MR) is 108 cm³/mol. The molecule has 2 aromatic carbocycles. The molecule has 1 fully saturated rings. The number of nitrogens with one attached hydrogen (secondary N) is 1. The number of amidine groups is 1. The summed E-state index contributed by atoms with van der Waals surface area (Å²) >= 11 is 8.62. The maximum Gasteiger partial charge on any atom is 0.253 e. The van der Waals surface area contributed by atoms with E-state index in [1.54, 1.807) is 6.20 Å². The minimum absolute atomic E-state index is 0.112. The average Bonchev–Trinajstić information content (AvgIpc) is 3.21. The Kier molecular flexibility index (Phi) is 4.80. The molecule has 1 aliphatic heterocycles. The molecule has 0 radical (unpaired) electrons. The number of carbonyl (C=O) groups excluding carboxylic acids is 1. The third kappa shape index (κ3) is 3.40. The molecule has 1 atom stereocenters. The summed E-state index contributed by atoms with van der Waals surface area (Å²) in [7, 11) is 0. The second-order valence-corrected chi connectivity index (χ2v) is 8.42. The van der Waals surface area contributed by atoms with Crippen LogP contribution in [0.25, 0.3) is 0 Å². The molecule has 3 aromatic rings. The lowest BCUT2D eigenvalue weighted by Gasteiger charge is -2.11. The van der Waals surface area contributed by atoms with Gasteiger partial charge in [0.05, 0.1) is 0 Å². The molecule has 0 saturated carbocycles. The second-order valence-electron chi connectivity index (χ2n) is 5.80. The van der Waals surface area contributed by atoms with E-state index in [1.807, 2.05) is 54.6 Å². The third-order valence-electron chi connectivity index (χ3n) is 4.00. The van der Waals surface area contributed by atoms with Crippen molar-refractivity contribution in [3.05, 3.63) is 81.8 Å². The molecule has 1 unspecified atom stereocenters. The SMILES string of the molecule is N=C1SC(c2ccccc2)C(=O)N1c1ncc(Cc2ccc(Cl)cc2)s1. The van der Waals surface area contributed by atoms with Gasteiger partial charge in [0.15, 0.2) is 10.3 Å². The van der Waals surface area contributed by atoms with Gasteiger partial charge in [-0.1, -0.05) is 65.8 Å². The van der Waals surface area contributed by atoms with Gasteiger partial charge in [-0.05, 0) is 23.3 Å². The number of amides is 1. The smallest absolute Gasteiger partial charge is 0.253 e. The van der Waals surface area contributed by atoms with Crippen LogP contribution >= 0.6 is 34.7 Å². The minimum Gasteiger partial charge on any atom is -0.278 e. The topological polar surface area (TPSA) is 57.1 Å². The minimum atomic E-state index is -0.382. The van der Waals surface area contributed by atoms with Gasteiger partial charge in [0.25, 0.3) is 5.91 Å². The van der Waals surface area contributed by atoms with E-state index in [1.165, 1.54) is 28.0 Å². The van der Waals surface area contributed by atoms with Crippen molar-refractivity contribution < 1.29 is 4.79 Å². The standard InChI is InChI=1S/C19H14ClN3OS2/c20-14-8-6-12(7-9-14)10-15-11-22-19(25-15)23-17(24)16(26-18(23)21)13-4-2-1-3-5-13/h1-9,11,16,21H,10H2. The summed E-state index contributed by atoms with van der Waals surface area (Å²) in [6.45, 7) is 0. The largest absolute Gasteiger partial charge is 0.278 e. The highest BCUT2D eigenvalue weighted by Crippen LogP contribution is 2.42. The normalized spacial score (nSPS) is 17.1. The third-order valence-corrected chi connectivity index (χ3v) is 6.35. The van der Waals surface area contributed by atoms with Crippen LogP contribution in [0, 0.1) is 5.41 Å². The quantitative estimate of drug-likeness (QED) is 0.660. The Hall–Kier alpha value is -2.15. The summed E-state index contributed by atoms with van der Waals surface area (Å²) in [5, 5.41) is 9.32. The number of nitrogens with zero attached hydrogens (tertiary/aromatic N) is 2. The Balaban J connectivity index is 1.54. The van der Waals surface area contributed by atoms with Crippen molar-refractivity contribution in [1.29, 1.82) is 5.41 Å². The van der Waals surface area contributed by atoms with E-state index in [-0.39, 0.29) is 16.3 Å². The molecule has 2 heterocycles. The van der Waals surface area contributed by atoms with Crippen LogP contribution in [0.1, 0.15) is 21.3 Å². The molecule has 1 aromatic heterocycles. The van der Waals surface area contributed by atoms with Crippen LogP contribution in [-0.4, -0.2) is 16.1 Å². The molecule has 4 rings (SSSR count). The van der Waals surface area contributed by atoms with Gasteiger partial charge < -0.3 is 0 Å². The molecule has 7 heteroatoms. The number of thiazole rings is 1. The number of thioether (sulfide) groups is 1. The van der Waals surface area contributed by atoms with Crippen LogP contribution in [0.3, 0.4) is 0 Å². The number of anilines is 1. The lowest BCUT2D eigenvalue weighted by molar-refractivity contribution is -0.117. The second kappa shape index (κ2) is 7.23. The van der Waals surface area contributed by atoms with Crippen molar-refractivity contribution in [2.75, 3.05) is 4.90 Å². The van der Waals surface area contributed by atoms with Crippen molar-refractivity contribution >= 4 is 50.9 Å². The van der Waals surface area contributed by atoms with Gasteiger partial charge in [0, 0.05) is 22.5 Å². The van der Waals surface area contributed by atoms with Gasteiger partial charge in [-0.2, -0.15) is 0 Å². The van der Waals surface area contributed by atoms with Crippen molar-refractivity contribution in [1.82, 2.24) is 4.98 Å². The summed E-state index contributed by atoms with van der Waals surface area (Å²) in [5.74, 6) is -0.112. The fourth-order valence-electron chi connectivity index (χ4n) is 2.74. The molecule has 0 spiro atoms. The molecule has 1 aliphatic rings. The van der Waals surface area contributed by atoms with Gasteiger partial charge >= 0.3 is 0 Å². The van der Waals surface area contributed by atoms with Crippen LogP contribution < -0.4 is 4.90 Å². The predicted octanol–water partition coefficient (Wildman–Crippen LogP) is 5.14. The first-order valence-electron chi connectivity index (χ1n) is 7.95. The first-order chi connectivity index (χ1) is 12.6. The Morgan fingerprint density at radius 1 is 1.12 bits per heavy atom. The molecular formula is C19H14ClN3OS2. The molecule has 4 nitrogen and oxygen atoms in total. The fourth-order valence-corrected chi connectivity index (χ4v) is 4.88. The molecule has 1 N–H and O–H groups in total. The van der Waals surface area contributed by atoms with Crippen LogP contribution in [-0.2, 0) is 11.2 Å². The van der Waals surface area contributed by atoms with Gasteiger partial charge in [-0.25, -0.2) is 9.88 Å². The number of halogens is 1. The van der Waals surface area contributed by atoms with Gasteiger partial charge in [-0.3, -0.25) is 10.2 Å². The summed E-state index contributed by atoms with van der Waals surface area (Å²) < 4.78 is 0. The highest BCUT2D eigenvalue weighted by atomic mass is 35.5. The fraction of sp³-hybridized carbons (Fsp3) is 0.105. The van der Waals surface area contributed by atoms with Crippen molar-refractivity contribution in [3.8, 4) is 0 Å². The zero-order valence-electron chi connectivity index (χ0n) is 13.6. The zero-order valence-corrected chi connectivity index (χ0v) is 15.9. The van der Waals surface area contributed by atoms with E-state index < -0.39 is 0 Å². The number of hydrogen-bond donors (Lipinski definition) is 1. The van der Waals surface area contributed by atoms with E-state index in [4.69, 9.17) is 17.0 Å². The first kappa shape index (κ1) is 17.3. The molecule has 1 saturated heterocycles. The van der Waals surface area contributed by atoms with Crippen molar-refractivity contribution in [2.24, 2.45) is 0 Å². The number of carbonyl (C=O) groups is 1. The maximum atomic E-state index is 12.8. The Labute approximate surface area is 164 Å². The van der Waals surface area contributed by atoms with E-state index >= 15 is 0 Å². The van der Waals surface area contributed by atoms with E-state index in [0.29, 0.717) is 10.2 Å². The molecule has 1 amide bonds. The van der Waals surface area contributed by atoms with Crippen molar-refractivity contribution in [3.63, 3.8) is 0 Å². The summed E-state index contributed by atoms with van der Waals surface area (Å²) in [6.07, 6.45) is 2.50. The lowest BCUT2D eigenvalue weighted by atomic mass is 10.1. The number of aromatic nitrogens is 1. The maximum absolute atomic E-state index is 12.8. The van der Waals surface area contributed by atoms with Crippen LogP contribution in [0.15, 0.2) is 60.8 Å². The number of rotatable bonds is 4. The molecule has 130 valence electrons. The zero-order chi connectivity index (χ0) is 18.1. The Morgan fingerprint density at radius 2 is 1.85 bits per heavy atom. The van der Waals surface area contributed by atoms with E-state index in [0.717, 1.165) is 22.4 Å². The van der Waals surface area contributed by atoms with Crippen molar-refractivity contribution in [2.45, 2.75) is 11.7 Å². The van der Waals surface area contributed by atoms with E-state index in [9.17, 15) is 4.79 Å². The highest BCUT2D eigenvalue weighted by molar-refractivity contribution is 8.15. The van der Waals surface area contributed by atoms with Gasteiger partial charge in [-0.15, -0.1) is 11.3 Å². The summed E-state index contributed by atoms with van der Waals surface area (Å²) in [6, 6.07) is 17.2. The Morgan fingerprint density at radius 3 is 2.58 bits per heavy atom. The van der Waals surface area contributed by atoms with E-state index in [2.05, 4.69) is 4.98 Å². The monoisotopic (exact) mass is 399 g/mol. The average molecular weight is 400 g/mol. The van der Waals surface area contributed by atoms with Crippen LogP contribution in [0.2, 0.25) is 5.02 Å². The highest BCUT2D eigenvalue weighted by Gasteiger charge is 2.40. The summed E-state index contributed by atoms with van der Waals surface area (Å²) in [5.41, 5.74) is 2.04. The molecule has 0 bridgehead atoms. The number of hydrogen-bond acceptors (Lipinski definition) is 5. The van der Waals surface area contributed by atoms with Gasteiger partial charge in [0.2, 0.25) is 0 Å². The van der Waals surface area contributed by atoms with Crippen LogP contribution in [0.5, 0.6) is 0 Å². The Bertz CT molecular complexity index is 956. The lowest BCUT2D eigenvalue weighted by Crippen LogP contribution is -2.29. The summed E-state index contributed by atoms with van der Waals surface area (Å²) in [4.78, 5) is 19.7. The molecule has 0 aliphatic carbocycles.